The summed E-state index contributed by atoms with van der Waals surface area (Å²) in [5, 5.41) is 29.1. The van der Waals surface area contributed by atoms with E-state index in [4.69, 9.17) is 30.0 Å². The molecule has 0 radical (unpaired) electrons. The van der Waals surface area contributed by atoms with E-state index in [2.05, 4.69) is 17.1 Å². The Labute approximate surface area is 102 Å². The number of pyridine rings is 1. The van der Waals surface area contributed by atoms with E-state index in [9.17, 15) is 0 Å². The molecule has 0 atom stereocenters. The van der Waals surface area contributed by atoms with E-state index in [1.165, 1.54) is 5.39 Å². The van der Waals surface area contributed by atoms with Crippen molar-refractivity contribution in [3.05, 3.63) is 42.6 Å². The van der Waals surface area contributed by atoms with Gasteiger partial charge in [0.2, 0.25) is 0 Å². The zero-order valence-electron chi connectivity index (χ0n) is 9.09. The van der Waals surface area contributed by atoms with Gasteiger partial charge in [0, 0.05) is 11.6 Å². The van der Waals surface area contributed by atoms with Crippen LogP contribution in [-0.2, 0) is 0 Å². The van der Waals surface area contributed by atoms with Crippen molar-refractivity contribution in [2.24, 2.45) is 0 Å². The molecule has 0 aliphatic heterocycles. The molecule has 0 bridgehead atoms. The van der Waals surface area contributed by atoms with Gasteiger partial charge in [-0.3, -0.25) is 4.98 Å². The average molecular weight is 253 g/mol. The molecule has 0 fully saturated rings. The quantitative estimate of drug-likeness (QED) is 0.568. The van der Waals surface area contributed by atoms with E-state index in [1.807, 2.05) is 30.5 Å². The summed E-state index contributed by atoms with van der Waals surface area (Å²) in [6, 6.07) is 12.1. The van der Waals surface area contributed by atoms with Crippen molar-refractivity contribution in [3.8, 4) is 0 Å². The average Bonchev–Trinajstić information content (AvgIpc) is 2.28. The van der Waals surface area contributed by atoms with Crippen LogP contribution in [0.3, 0.4) is 0 Å². The molecule has 4 N–H and O–H groups in total. The van der Waals surface area contributed by atoms with Crippen LogP contribution in [0.5, 0.6) is 0 Å². The first kappa shape index (κ1) is 15.2. The third kappa shape index (κ3) is 8.48. The molecule has 7 nitrogen and oxygen atoms in total. The Bertz CT molecular complexity index is 428. The Morgan fingerprint density at radius 1 is 0.833 bits per heavy atom. The first-order valence-corrected chi connectivity index (χ1v) is 4.57. The molecule has 0 amide bonds. The molecule has 7 heteroatoms. The highest BCUT2D eigenvalue weighted by molar-refractivity contribution is 5.77. The lowest BCUT2D eigenvalue weighted by atomic mass is 10.2. The van der Waals surface area contributed by atoms with Crippen LogP contribution in [0.1, 0.15) is 0 Å². The highest BCUT2D eigenvalue weighted by Crippen LogP contribution is 2.07. The number of hydrogen-bond donors (Lipinski definition) is 4. The molecule has 0 saturated carbocycles. The third-order valence-corrected chi connectivity index (χ3v) is 1.51. The van der Waals surface area contributed by atoms with E-state index in [0.717, 1.165) is 5.52 Å². The van der Waals surface area contributed by atoms with Gasteiger partial charge in [0.15, 0.2) is 0 Å². The van der Waals surface area contributed by atoms with Crippen molar-refractivity contribution < 1.29 is 30.0 Å². The molecule has 0 unspecified atom stereocenters. The Balaban J connectivity index is 0.000000307. The van der Waals surface area contributed by atoms with Crippen LogP contribution in [0.15, 0.2) is 42.6 Å². The van der Waals surface area contributed by atoms with Gasteiger partial charge in [0.1, 0.15) is 0 Å². The number of hydrogen-bond acceptors (Lipinski definition) is 3. The van der Waals surface area contributed by atoms with Crippen LogP contribution >= 0.6 is 0 Å². The third-order valence-electron chi connectivity index (χ3n) is 1.51. The van der Waals surface area contributed by atoms with Crippen molar-refractivity contribution in [1.29, 1.82) is 0 Å². The summed E-state index contributed by atoms with van der Waals surface area (Å²) in [5.74, 6) is 0. The van der Waals surface area contributed by atoms with Crippen molar-refractivity contribution in [2.45, 2.75) is 0 Å². The van der Waals surface area contributed by atoms with E-state index < -0.39 is 12.3 Å². The molecule has 1 aromatic heterocycles. The monoisotopic (exact) mass is 253 g/mol. The van der Waals surface area contributed by atoms with Gasteiger partial charge in [-0.05, 0) is 12.1 Å². The number of rotatable bonds is 0. The van der Waals surface area contributed by atoms with Gasteiger partial charge in [-0.1, -0.05) is 24.3 Å². The lowest BCUT2D eigenvalue weighted by Gasteiger charge is -1.91. The molecule has 1 aromatic carbocycles. The first-order valence-electron chi connectivity index (χ1n) is 4.57. The van der Waals surface area contributed by atoms with Gasteiger partial charge < -0.3 is 20.4 Å². The Hall–Kier alpha value is -2.83. The summed E-state index contributed by atoms with van der Waals surface area (Å²) in [7, 11) is 0. The lowest BCUT2D eigenvalue weighted by molar-refractivity contribution is 0.135. The minimum absolute atomic E-state index is 1.06. The smallest absolute Gasteiger partial charge is 0.450 e. The predicted octanol–water partition coefficient (Wildman–Crippen LogP) is 2.68. The van der Waals surface area contributed by atoms with Gasteiger partial charge >= 0.3 is 12.3 Å². The molecule has 2 rings (SSSR count). The van der Waals surface area contributed by atoms with Crippen LogP contribution in [0.2, 0.25) is 0 Å². The van der Waals surface area contributed by atoms with Crippen LogP contribution in [0.25, 0.3) is 10.9 Å². The highest BCUT2D eigenvalue weighted by Gasteiger charge is 1.86. The summed E-state index contributed by atoms with van der Waals surface area (Å²) >= 11 is 0. The second-order valence-electron chi connectivity index (χ2n) is 2.76. The summed E-state index contributed by atoms with van der Waals surface area (Å²) < 4.78 is 0. The minimum Gasteiger partial charge on any atom is -0.450 e. The lowest BCUT2D eigenvalue weighted by Crippen LogP contribution is -1.81. The minimum atomic E-state index is -1.83. The maximum absolute atomic E-state index is 8.56. The van der Waals surface area contributed by atoms with Crippen molar-refractivity contribution in [1.82, 2.24) is 4.98 Å². The van der Waals surface area contributed by atoms with Gasteiger partial charge in [-0.25, -0.2) is 9.59 Å². The molecule has 0 aliphatic carbocycles. The summed E-state index contributed by atoms with van der Waals surface area (Å²) in [5.41, 5.74) is 1.06. The van der Waals surface area contributed by atoms with Crippen LogP contribution in [-0.4, -0.2) is 37.7 Å². The van der Waals surface area contributed by atoms with Crippen molar-refractivity contribution in [3.63, 3.8) is 0 Å². The van der Waals surface area contributed by atoms with Crippen LogP contribution in [0.4, 0.5) is 9.59 Å². The number of aromatic nitrogens is 1. The second-order valence-corrected chi connectivity index (χ2v) is 2.76. The molecule has 1 heterocycles. The molecular formula is C11H11NO6. The van der Waals surface area contributed by atoms with E-state index in [0.29, 0.717) is 0 Å². The zero-order chi connectivity index (χ0) is 14.0. The molecule has 2 aromatic rings. The fourth-order valence-electron chi connectivity index (χ4n) is 1.02. The Kier molecular flexibility index (Phi) is 7.03. The topological polar surface area (TPSA) is 128 Å². The first-order chi connectivity index (χ1) is 8.43. The van der Waals surface area contributed by atoms with E-state index in [-0.39, 0.29) is 0 Å². The molecule has 96 valence electrons. The molecular weight excluding hydrogens is 242 g/mol. The zero-order valence-corrected chi connectivity index (χ0v) is 9.09. The molecule has 0 aliphatic rings. The number of carbonyl (C=O) groups is 2. The summed E-state index contributed by atoms with van der Waals surface area (Å²) in [4.78, 5) is 21.3. The largest absolute Gasteiger partial charge is 0.503 e. The van der Waals surface area contributed by atoms with Gasteiger partial charge in [-0.15, -0.1) is 0 Å². The van der Waals surface area contributed by atoms with Gasteiger partial charge in [0.05, 0.1) is 5.52 Å². The summed E-state index contributed by atoms with van der Waals surface area (Å²) in [6.45, 7) is 0. The summed E-state index contributed by atoms with van der Waals surface area (Å²) in [6.07, 6.45) is -1.86. The Morgan fingerprint density at radius 2 is 1.28 bits per heavy atom. The standard InChI is InChI=1S/C9H7N.2CH2O3/c1-2-6-9-8(4-1)5-3-7-10-9;2*2-1(3)4/h1-7H;2*(H2,2,3,4). The fraction of sp³-hybridized carbons (Fsp3) is 0. The molecule has 18 heavy (non-hydrogen) atoms. The van der Waals surface area contributed by atoms with Crippen molar-refractivity contribution >= 4 is 23.2 Å². The normalized spacial score (nSPS) is 8.22. The van der Waals surface area contributed by atoms with Crippen molar-refractivity contribution in [2.75, 3.05) is 0 Å². The maximum Gasteiger partial charge on any atom is 0.503 e. The number of benzene rings is 1. The van der Waals surface area contributed by atoms with Gasteiger partial charge in [0.25, 0.3) is 0 Å². The number of nitrogens with zero attached hydrogens (tertiary/aromatic N) is 1. The fourth-order valence-corrected chi connectivity index (χ4v) is 1.02. The second kappa shape index (κ2) is 8.34. The number of para-hydroxylation sites is 1. The van der Waals surface area contributed by atoms with Crippen LogP contribution < -0.4 is 0 Å². The van der Waals surface area contributed by atoms with Crippen LogP contribution in [0, 0.1) is 0 Å². The predicted molar refractivity (Wildman–Crippen MR) is 63.1 cm³/mol. The Morgan fingerprint density at radius 3 is 1.78 bits per heavy atom. The SMILES string of the molecule is O=C(O)O.O=C(O)O.c1ccc2ncccc2c1. The molecule has 0 spiro atoms. The molecule has 0 saturated heterocycles. The number of fused-ring (bicyclic) bond motifs is 1. The van der Waals surface area contributed by atoms with E-state index in [1.54, 1.807) is 0 Å². The maximum atomic E-state index is 8.56. The number of carboxylic acid groups (broad SMARTS) is 4. The highest BCUT2D eigenvalue weighted by atomic mass is 16.6. The van der Waals surface area contributed by atoms with E-state index >= 15 is 0 Å². The van der Waals surface area contributed by atoms with Gasteiger partial charge in [-0.2, -0.15) is 0 Å².